The number of nitrogens with zero attached hydrogens (tertiary/aromatic N) is 1. The molecule has 2 nitrogen and oxygen atoms in total. The van der Waals surface area contributed by atoms with Crippen molar-refractivity contribution in [2.75, 3.05) is 13.1 Å². The van der Waals surface area contributed by atoms with Crippen LogP contribution < -0.4 is 0 Å². The summed E-state index contributed by atoms with van der Waals surface area (Å²) in [6.45, 7) is 10.1. The van der Waals surface area contributed by atoms with Gasteiger partial charge in [-0.2, -0.15) is 4.65 Å². The molecule has 74 valence electrons. The third-order valence-corrected chi connectivity index (χ3v) is 2.78. The molecule has 1 aliphatic heterocycles. The molecule has 1 rings (SSSR count). The molecule has 0 aromatic rings. The van der Waals surface area contributed by atoms with Crippen molar-refractivity contribution >= 4 is 0 Å². The monoisotopic (exact) mass is 174 g/mol. The van der Waals surface area contributed by atoms with E-state index < -0.39 is 0 Å². The van der Waals surface area contributed by atoms with Gasteiger partial charge >= 0.3 is 0 Å². The van der Waals surface area contributed by atoms with Gasteiger partial charge in [0.1, 0.15) is 19.1 Å². The molecule has 0 saturated carbocycles. The predicted molar refractivity (Wildman–Crippen MR) is 52.1 cm³/mol. The van der Waals surface area contributed by atoms with Crippen LogP contribution in [0.2, 0.25) is 0 Å². The Kier molecular flexibility index (Phi) is 5.51. The average Bonchev–Trinajstić information content (AvgIpc) is 2.51. The molecule has 12 heavy (non-hydrogen) atoms. The van der Waals surface area contributed by atoms with Crippen LogP contribution in [0, 0.1) is 0 Å². The SMILES string of the molecule is CC.CCC1CCC[N+]1(O)CC. The molecule has 0 aliphatic carbocycles. The van der Waals surface area contributed by atoms with Crippen molar-refractivity contribution in [1.82, 2.24) is 0 Å². The standard InChI is InChI=1S/C8H18NO.C2H6/c1-3-8-6-5-7-9(8,10)4-2;1-2/h8,10H,3-7H2,1-2H3;1-2H3/q+1;. The van der Waals surface area contributed by atoms with Gasteiger partial charge in [0.2, 0.25) is 0 Å². The van der Waals surface area contributed by atoms with Gasteiger partial charge < -0.3 is 0 Å². The summed E-state index contributed by atoms with van der Waals surface area (Å²) in [7, 11) is 0. The lowest BCUT2D eigenvalue weighted by Gasteiger charge is -2.29. The number of hydrogen-bond donors (Lipinski definition) is 1. The van der Waals surface area contributed by atoms with Gasteiger partial charge in [-0.3, -0.25) is 0 Å². The molecule has 2 atom stereocenters. The highest BCUT2D eigenvalue weighted by Crippen LogP contribution is 2.25. The quantitative estimate of drug-likeness (QED) is 0.638. The van der Waals surface area contributed by atoms with E-state index in [1.165, 1.54) is 12.8 Å². The van der Waals surface area contributed by atoms with Crippen molar-refractivity contribution in [3.05, 3.63) is 0 Å². The minimum Gasteiger partial charge on any atom is -0.217 e. The topological polar surface area (TPSA) is 20.2 Å². The summed E-state index contributed by atoms with van der Waals surface area (Å²) in [4.78, 5) is 0. The lowest BCUT2D eigenvalue weighted by molar-refractivity contribution is -1.11. The number of hydrogen-bond acceptors (Lipinski definition) is 1. The average molecular weight is 174 g/mol. The molecule has 2 unspecified atom stereocenters. The number of likely N-dealkylation sites (tertiary alicyclic amines) is 1. The second kappa shape index (κ2) is 5.55. The van der Waals surface area contributed by atoms with Crippen LogP contribution in [0.1, 0.15) is 47.0 Å². The van der Waals surface area contributed by atoms with Gasteiger partial charge in [-0.05, 0) is 13.3 Å². The van der Waals surface area contributed by atoms with Crippen LogP contribution in [0.4, 0.5) is 0 Å². The maximum atomic E-state index is 9.90. The molecule has 1 heterocycles. The zero-order valence-electron chi connectivity index (χ0n) is 9.01. The van der Waals surface area contributed by atoms with Crippen molar-refractivity contribution < 1.29 is 9.85 Å². The smallest absolute Gasteiger partial charge is 0.119 e. The van der Waals surface area contributed by atoms with E-state index in [1.54, 1.807) is 0 Å². The van der Waals surface area contributed by atoms with E-state index in [0.717, 1.165) is 19.5 Å². The van der Waals surface area contributed by atoms with Crippen molar-refractivity contribution in [2.45, 2.75) is 53.0 Å². The third kappa shape index (κ3) is 2.46. The minimum atomic E-state index is 0.330. The summed E-state index contributed by atoms with van der Waals surface area (Å²) >= 11 is 0. The van der Waals surface area contributed by atoms with Gasteiger partial charge in [-0.1, -0.05) is 20.8 Å². The van der Waals surface area contributed by atoms with Crippen LogP contribution in [0.15, 0.2) is 0 Å². The zero-order chi connectivity index (χ0) is 9.61. The fourth-order valence-electron chi connectivity index (χ4n) is 1.98. The Hall–Kier alpha value is -0.0800. The van der Waals surface area contributed by atoms with Crippen LogP contribution in [0.25, 0.3) is 0 Å². The summed E-state index contributed by atoms with van der Waals surface area (Å²) in [6.07, 6.45) is 3.52. The van der Waals surface area contributed by atoms with E-state index in [9.17, 15) is 5.21 Å². The molecule has 0 aromatic heterocycles. The van der Waals surface area contributed by atoms with Crippen molar-refractivity contribution in [3.8, 4) is 0 Å². The van der Waals surface area contributed by atoms with E-state index in [0.29, 0.717) is 10.7 Å². The van der Waals surface area contributed by atoms with E-state index in [2.05, 4.69) is 13.8 Å². The largest absolute Gasteiger partial charge is 0.217 e. The van der Waals surface area contributed by atoms with E-state index in [4.69, 9.17) is 0 Å². The van der Waals surface area contributed by atoms with Gasteiger partial charge in [-0.25, -0.2) is 5.21 Å². The summed E-state index contributed by atoms with van der Waals surface area (Å²) in [6, 6.07) is 0.519. The first-order chi connectivity index (χ1) is 5.73. The number of quaternary nitrogens is 1. The fourth-order valence-corrected chi connectivity index (χ4v) is 1.98. The maximum absolute atomic E-state index is 9.90. The Morgan fingerprint density at radius 3 is 2.25 bits per heavy atom. The molecule has 1 aliphatic rings. The molecular weight excluding hydrogens is 150 g/mol. The second-order valence-corrected chi connectivity index (χ2v) is 3.23. The van der Waals surface area contributed by atoms with Gasteiger partial charge in [-0.15, -0.1) is 0 Å². The molecule has 2 heteroatoms. The summed E-state index contributed by atoms with van der Waals surface area (Å²) in [5, 5.41) is 9.90. The van der Waals surface area contributed by atoms with Crippen LogP contribution in [0.3, 0.4) is 0 Å². The Morgan fingerprint density at radius 2 is 1.92 bits per heavy atom. The first-order valence-electron chi connectivity index (χ1n) is 5.32. The molecular formula is C10H24NO+. The number of hydroxylamine groups is 3. The van der Waals surface area contributed by atoms with Crippen LogP contribution in [0.5, 0.6) is 0 Å². The minimum absolute atomic E-state index is 0.330. The van der Waals surface area contributed by atoms with E-state index in [1.807, 2.05) is 13.8 Å². The van der Waals surface area contributed by atoms with E-state index in [-0.39, 0.29) is 0 Å². The van der Waals surface area contributed by atoms with Crippen molar-refractivity contribution in [1.29, 1.82) is 0 Å². The Balaban J connectivity index is 0.000000561. The van der Waals surface area contributed by atoms with E-state index >= 15 is 0 Å². The highest BCUT2D eigenvalue weighted by atomic mass is 16.5. The molecule has 0 aromatic carbocycles. The van der Waals surface area contributed by atoms with Gasteiger partial charge in [0, 0.05) is 12.8 Å². The highest BCUT2D eigenvalue weighted by molar-refractivity contribution is 4.62. The first kappa shape index (κ1) is 11.9. The summed E-state index contributed by atoms with van der Waals surface area (Å²) in [5.41, 5.74) is 0. The van der Waals surface area contributed by atoms with Crippen molar-refractivity contribution in [3.63, 3.8) is 0 Å². The lowest BCUT2D eigenvalue weighted by atomic mass is 10.2. The van der Waals surface area contributed by atoms with Crippen LogP contribution in [-0.4, -0.2) is 29.0 Å². The summed E-state index contributed by atoms with van der Waals surface area (Å²) in [5.74, 6) is 0. The molecule has 1 saturated heterocycles. The molecule has 0 spiro atoms. The third-order valence-electron chi connectivity index (χ3n) is 2.78. The summed E-state index contributed by atoms with van der Waals surface area (Å²) < 4.78 is 0.330. The normalized spacial score (nSPS) is 34.2. The first-order valence-corrected chi connectivity index (χ1v) is 5.32. The number of rotatable bonds is 2. The molecule has 0 amide bonds. The molecule has 0 radical (unpaired) electrons. The van der Waals surface area contributed by atoms with Gasteiger partial charge in [0.25, 0.3) is 0 Å². The Morgan fingerprint density at radius 1 is 1.33 bits per heavy atom. The molecule has 1 N–H and O–H groups in total. The predicted octanol–water partition coefficient (Wildman–Crippen LogP) is 2.81. The highest BCUT2D eigenvalue weighted by Gasteiger charge is 2.38. The lowest BCUT2D eigenvalue weighted by Crippen LogP contribution is -2.48. The van der Waals surface area contributed by atoms with Gasteiger partial charge in [0.15, 0.2) is 0 Å². The second-order valence-electron chi connectivity index (χ2n) is 3.23. The molecule has 0 bridgehead atoms. The van der Waals surface area contributed by atoms with Crippen LogP contribution in [-0.2, 0) is 0 Å². The van der Waals surface area contributed by atoms with Crippen molar-refractivity contribution in [2.24, 2.45) is 0 Å². The molecule has 1 fully saturated rings. The van der Waals surface area contributed by atoms with Gasteiger partial charge in [0.05, 0.1) is 0 Å². The maximum Gasteiger partial charge on any atom is 0.119 e. The fraction of sp³-hybridized carbons (Fsp3) is 1.00. The Labute approximate surface area is 76.7 Å². The van der Waals surface area contributed by atoms with Crippen LogP contribution >= 0.6 is 0 Å². The Bertz CT molecular complexity index is 116. The zero-order valence-corrected chi connectivity index (χ0v) is 9.01.